The second-order valence-electron chi connectivity index (χ2n) is 9.78. The summed E-state index contributed by atoms with van der Waals surface area (Å²) >= 11 is 8.07. The Bertz CT molecular complexity index is 1490. The van der Waals surface area contributed by atoms with Gasteiger partial charge in [-0.25, -0.2) is 4.98 Å². The number of rotatable bonds is 9. The van der Waals surface area contributed by atoms with E-state index in [1.54, 1.807) is 24.3 Å². The van der Waals surface area contributed by atoms with Gasteiger partial charge in [0.05, 0.1) is 0 Å². The summed E-state index contributed by atoms with van der Waals surface area (Å²) in [5.41, 5.74) is 2.02. The maximum Gasteiger partial charge on any atom is 0.303 e. The molecule has 1 saturated heterocycles. The number of pyridine rings is 1. The third-order valence-corrected chi connectivity index (χ3v) is 7.93. The minimum absolute atomic E-state index is 0.328. The number of thiophene rings is 1. The quantitative estimate of drug-likeness (QED) is 0.181. The first-order valence-electron chi connectivity index (χ1n) is 13.2. The second-order valence-corrected chi connectivity index (χ2v) is 11.4. The molecule has 1 aromatic carbocycles. The molecule has 3 aromatic rings. The predicted octanol–water partition coefficient (Wildman–Crippen LogP) is 4.99. The molecular formula is C30H29ClFNO9S. The van der Waals surface area contributed by atoms with Crippen molar-refractivity contribution in [3.05, 3.63) is 75.6 Å². The summed E-state index contributed by atoms with van der Waals surface area (Å²) in [7, 11) is 0. The van der Waals surface area contributed by atoms with Gasteiger partial charge < -0.3 is 23.7 Å². The molecule has 10 nitrogen and oxygen atoms in total. The molecule has 1 aliphatic heterocycles. The molecule has 0 saturated carbocycles. The van der Waals surface area contributed by atoms with Crippen LogP contribution in [-0.2, 0) is 49.3 Å². The molecule has 4 rings (SSSR count). The monoisotopic (exact) mass is 633 g/mol. The van der Waals surface area contributed by atoms with Crippen LogP contribution in [0.4, 0.5) is 4.39 Å². The van der Waals surface area contributed by atoms with E-state index in [4.69, 9.17) is 35.3 Å². The Morgan fingerprint density at radius 1 is 0.884 bits per heavy atom. The van der Waals surface area contributed by atoms with E-state index in [2.05, 4.69) is 4.98 Å². The average molecular weight is 634 g/mol. The first kappa shape index (κ1) is 32.1. The smallest absolute Gasteiger partial charge is 0.303 e. The van der Waals surface area contributed by atoms with E-state index >= 15 is 0 Å². The van der Waals surface area contributed by atoms with E-state index in [0.717, 1.165) is 27.8 Å². The molecule has 2 aromatic heterocycles. The molecular weight excluding hydrogens is 605 g/mol. The molecule has 0 radical (unpaired) electrons. The Kier molecular flexibility index (Phi) is 10.5. The minimum Gasteiger partial charge on any atom is -0.463 e. The molecule has 5 atom stereocenters. The Labute approximate surface area is 256 Å². The number of halogens is 2. The van der Waals surface area contributed by atoms with E-state index in [1.165, 1.54) is 44.4 Å². The van der Waals surface area contributed by atoms with Crippen molar-refractivity contribution >= 4 is 46.8 Å². The van der Waals surface area contributed by atoms with Gasteiger partial charge in [0.25, 0.3) is 0 Å². The Morgan fingerprint density at radius 2 is 1.56 bits per heavy atom. The maximum atomic E-state index is 13.3. The number of aromatic nitrogens is 1. The molecule has 0 amide bonds. The zero-order chi connectivity index (χ0) is 31.3. The van der Waals surface area contributed by atoms with Crippen LogP contribution in [0.5, 0.6) is 0 Å². The highest BCUT2D eigenvalue weighted by Crippen LogP contribution is 2.39. The third-order valence-electron chi connectivity index (χ3n) is 6.43. The molecule has 1 aliphatic rings. The molecule has 1 unspecified atom stereocenters. The fraction of sp³-hybridized carbons (Fsp3) is 0.367. The fourth-order valence-electron chi connectivity index (χ4n) is 4.74. The van der Waals surface area contributed by atoms with Crippen molar-refractivity contribution in [2.24, 2.45) is 0 Å². The first-order valence-corrected chi connectivity index (χ1v) is 14.4. The summed E-state index contributed by atoms with van der Waals surface area (Å²) in [6, 6.07) is 11.9. The Morgan fingerprint density at radius 3 is 2.19 bits per heavy atom. The van der Waals surface area contributed by atoms with Gasteiger partial charge in [-0.05, 0) is 41.5 Å². The molecule has 43 heavy (non-hydrogen) atoms. The minimum atomic E-state index is -1.28. The SMILES string of the molecule is CC(=O)OC[C@H]1OC(c2ccc(Cl)c(Cc3ccc(-c4ccc(F)nc4)s3)c2)[C@@H](OC(C)=O)[C@@H](OC(C)=O)[C@@H]1OC(C)=O. The number of carbonyl (C=O) groups excluding carboxylic acids is 4. The topological polar surface area (TPSA) is 127 Å². The normalized spacial score (nSPS) is 21.5. The van der Waals surface area contributed by atoms with Crippen molar-refractivity contribution in [1.29, 1.82) is 0 Å². The van der Waals surface area contributed by atoms with E-state index in [1.807, 2.05) is 12.1 Å². The van der Waals surface area contributed by atoms with Crippen LogP contribution >= 0.6 is 22.9 Å². The Balaban J connectivity index is 1.70. The highest BCUT2D eigenvalue weighted by atomic mass is 35.5. The number of ether oxygens (including phenoxy) is 5. The fourth-order valence-corrected chi connectivity index (χ4v) is 5.95. The summed E-state index contributed by atoms with van der Waals surface area (Å²) in [5.74, 6) is -3.28. The summed E-state index contributed by atoms with van der Waals surface area (Å²) in [6.45, 7) is 4.39. The molecule has 0 N–H and O–H groups in total. The van der Waals surface area contributed by atoms with Crippen molar-refractivity contribution < 1.29 is 47.3 Å². The van der Waals surface area contributed by atoms with Crippen LogP contribution in [-0.4, -0.2) is 59.9 Å². The maximum absolute atomic E-state index is 13.3. The van der Waals surface area contributed by atoms with E-state index in [-0.39, 0.29) is 6.61 Å². The van der Waals surface area contributed by atoms with Crippen LogP contribution < -0.4 is 0 Å². The van der Waals surface area contributed by atoms with Crippen LogP contribution in [0.3, 0.4) is 0 Å². The van der Waals surface area contributed by atoms with Crippen molar-refractivity contribution in [2.75, 3.05) is 6.61 Å². The van der Waals surface area contributed by atoms with E-state index < -0.39 is 60.3 Å². The molecule has 0 spiro atoms. The van der Waals surface area contributed by atoms with Gasteiger partial charge in [0, 0.05) is 60.7 Å². The standard InChI is InChI=1S/C30H29ClFNO9S/c1-15(34)38-14-24-28(39-16(2)35)30(41-18(4)37)29(40-17(3)36)27(42-24)19-5-8-23(31)21(11-19)12-22-7-9-25(43-22)20-6-10-26(32)33-13-20/h5-11,13,24,27-30H,12,14H2,1-4H3/t24-,27?,28-,29-,30+/m1/s1. The lowest BCUT2D eigenvalue weighted by Crippen LogP contribution is -2.59. The van der Waals surface area contributed by atoms with Crippen LogP contribution in [0.1, 0.15) is 49.8 Å². The van der Waals surface area contributed by atoms with Gasteiger partial charge in [0.1, 0.15) is 18.8 Å². The van der Waals surface area contributed by atoms with Crippen molar-refractivity contribution in [3.8, 4) is 10.4 Å². The summed E-state index contributed by atoms with van der Waals surface area (Å²) < 4.78 is 41.3. The molecule has 1 fully saturated rings. The number of hydrogen-bond donors (Lipinski definition) is 0. The van der Waals surface area contributed by atoms with Crippen LogP contribution in [0.2, 0.25) is 5.02 Å². The van der Waals surface area contributed by atoms with Crippen molar-refractivity contribution in [3.63, 3.8) is 0 Å². The van der Waals surface area contributed by atoms with E-state index in [9.17, 15) is 23.6 Å². The van der Waals surface area contributed by atoms with Gasteiger partial charge in [0.15, 0.2) is 18.3 Å². The largest absolute Gasteiger partial charge is 0.463 e. The molecule has 0 bridgehead atoms. The molecule has 13 heteroatoms. The van der Waals surface area contributed by atoms with Crippen LogP contribution in [0.15, 0.2) is 48.7 Å². The molecule has 3 heterocycles. The van der Waals surface area contributed by atoms with Gasteiger partial charge in [0.2, 0.25) is 5.95 Å². The average Bonchev–Trinajstić information content (AvgIpc) is 3.39. The lowest BCUT2D eigenvalue weighted by atomic mass is 9.89. The predicted molar refractivity (Wildman–Crippen MR) is 153 cm³/mol. The summed E-state index contributed by atoms with van der Waals surface area (Å²) in [6.07, 6.45) is -3.97. The Hall–Kier alpha value is -3.87. The number of carbonyl (C=O) groups is 4. The highest BCUT2D eigenvalue weighted by Gasteiger charge is 2.52. The zero-order valence-corrected chi connectivity index (χ0v) is 25.3. The molecule has 228 valence electrons. The lowest BCUT2D eigenvalue weighted by molar-refractivity contribution is -0.254. The highest BCUT2D eigenvalue weighted by molar-refractivity contribution is 7.15. The third kappa shape index (κ3) is 8.37. The lowest BCUT2D eigenvalue weighted by Gasteiger charge is -2.44. The van der Waals surface area contributed by atoms with Crippen molar-refractivity contribution in [1.82, 2.24) is 4.98 Å². The first-order chi connectivity index (χ1) is 20.4. The van der Waals surface area contributed by atoms with Crippen LogP contribution in [0.25, 0.3) is 10.4 Å². The summed E-state index contributed by atoms with van der Waals surface area (Å²) in [4.78, 5) is 53.5. The van der Waals surface area contributed by atoms with Gasteiger partial charge in [-0.2, -0.15) is 4.39 Å². The van der Waals surface area contributed by atoms with E-state index in [0.29, 0.717) is 17.0 Å². The van der Waals surface area contributed by atoms with Crippen molar-refractivity contribution in [2.45, 2.75) is 64.6 Å². The zero-order valence-electron chi connectivity index (χ0n) is 23.7. The number of nitrogens with zero attached hydrogens (tertiary/aromatic N) is 1. The van der Waals surface area contributed by atoms with Gasteiger partial charge >= 0.3 is 23.9 Å². The number of esters is 4. The second kappa shape index (κ2) is 14.1. The summed E-state index contributed by atoms with van der Waals surface area (Å²) in [5, 5.41) is 0.466. The van der Waals surface area contributed by atoms with Crippen LogP contribution in [0, 0.1) is 5.95 Å². The van der Waals surface area contributed by atoms with Gasteiger partial charge in [-0.3, -0.25) is 19.2 Å². The molecule has 0 aliphatic carbocycles. The number of benzene rings is 1. The number of hydrogen-bond acceptors (Lipinski definition) is 11. The van der Waals surface area contributed by atoms with Gasteiger partial charge in [-0.1, -0.05) is 23.7 Å². The van der Waals surface area contributed by atoms with Gasteiger partial charge in [-0.15, -0.1) is 11.3 Å².